The molecule has 0 radical (unpaired) electrons. The van der Waals surface area contributed by atoms with E-state index >= 15 is 0 Å². The molecule has 4 rings (SSSR count). The number of hydrogen-bond acceptors (Lipinski definition) is 7. The largest absolute Gasteiger partial charge is 0.456 e. The van der Waals surface area contributed by atoms with Gasteiger partial charge in [-0.25, -0.2) is 13.4 Å². The first kappa shape index (κ1) is 20.1. The van der Waals surface area contributed by atoms with E-state index in [4.69, 9.17) is 20.8 Å². The van der Waals surface area contributed by atoms with Gasteiger partial charge in [0.1, 0.15) is 5.84 Å². The first-order chi connectivity index (χ1) is 14.4. The standard InChI is InChI=1S/C20H16ClN3O5S/c21-14-7-5-13(6-8-14)16-11-23-18(29-16)12-28-19(25)9-10-22-20-15-3-1-2-4-17(15)30(26,27)24-20/h1-8,11H,9-10,12H2,(H,22,24). The lowest BCUT2D eigenvalue weighted by Gasteiger charge is -2.02. The van der Waals surface area contributed by atoms with Gasteiger partial charge < -0.3 is 9.15 Å². The molecule has 0 atom stereocenters. The molecule has 1 aliphatic heterocycles. The van der Waals surface area contributed by atoms with E-state index in [1.807, 2.05) is 0 Å². The predicted molar refractivity (Wildman–Crippen MR) is 110 cm³/mol. The van der Waals surface area contributed by atoms with Gasteiger partial charge >= 0.3 is 5.97 Å². The first-order valence-electron chi connectivity index (χ1n) is 8.95. The summed E-state index contributed by atoms with van der Waals surface area (Å²) in [5.74, 6) is 0.520. The lowest BCUT2D eigenvalue weighted by Crippen LogP contribution is -2.22. The van der Waals surface area contributed by atoms with Crippen molar-refractivity contribution in [2.75, 3.05) is 6.54 Å². The Morgan fingerprint density at radius 2 is 1.93 bits per heavy atom. The molecule has 1 N–H and O–H groups in total. The summed E-state index contributed by atoms with van der Waals surface area (Å²) in [6.07, 6.45) is 1.53. The lowest BCUT2D eigenvalue weighted by molar-refractivity contribution is -0.145. The van der Waals surface area contributed by atoms with Crippen molar-refractivity contribution in [1.82, 2.24) is 9.71 Å². The van der Waals surface area contributed by atoms with Crippen molar-refractivity contribution >= 4 is 33.4 Å². The number of aliphatic imine (C=N–C) groups is 1. The van der Waals surface area contributed by atoms with Crippen LogP contribution in [0, 0.1) is 0 Å². The van der Waals surface area contributed by atoms with Crippen molar-refractivity contribution in [3.8, 4) is 11.3 Å². The van der Waals surface area contributed by atoms with Crippen molar-refractivity contribution in [2.24, 2.45) is 4.99 Å². The molecule has 2 aromatic carbocycles. The Bertz CT molecular complexity index is 1220. The van der Waals surface area contributed by atoms with Crippen molar-refractivity contribution in [2.45, 2.75) is 17.9 Å². The number of oxazole rings is 1. The van der Waals surface area contributed by atoms with Crippen LogP contribution < -0.4 is 4.72 Å². The van der Waals surface area contributed by atoms with E-state index < -0.39 is 16.0 Å². The Kier molecular flexibility index (Phi) is 5.56. The monoisotopic (exact) mass is 445 g/mol. The Hall–Kier alpha value is -3.17. The highest BCUT2D eigenvalue weighted by atomic mass is 35.5. The number of hydrogen-bond donors (Lipinski definition) is 1. The summed E-state index contributed by atoms with van der Waals surface area (Å²) in [5.41, 5.74) is 1.29. The molecule has 3 aromatic rings. The molecule has 2 heterocycles. The topological polar surface area (TPSA) is 111 Å². The minimum atomic E-state index is -3.60. The van der Waals surface area contributed by atoms with Crippen LogP contribution in [0.3, 0.4) is 0 Å². The Balaban J connectivity index is 1.30. The summed E-state index contributed by atoms with van der Waals surface area (Å²) in [5, 5.41) is 0.616. The van der Waals surface area contributed by atoms with Gasteiger partial charge in [0, 0.05) is 16.1 Å². The van der Waals surface area contributed by atoms with Crippen molar-refractivity contribution in [1.29, 1.82) is 0 Å². The fourth-order valence-corrected chi connectivity index (χ4v) is 4.23. The molecule has 30 heavy (non-hydrogen) atoms. The lowest BCUT2D eigenvalue weighted by atomic mass is 10.2. The van der Waals surface area contributed by atoms with E-state index in [1.165, 1.54) is 6.07 Å². The molecular weight excluding hydrogens is 430 g/mol. The fourth-order valence-electron chi connectivity index (χ4n) is 2.85. The minimum absolute atomic E-state index is 0.0157. The molecule has 0 spiro atoms. The average Bonchev–Trinajstić information content (AvgIpc) is 3.30. The number of benzene rings is 2. The SMILES string of the molecule is O=C(CCN=C1NS(=O)(=O)c2ccccc21)OCc1ncc(-c2ccc(Cl)cc2)o1. The van der Waals surface area contributed by atoms with E-state index in [2.05, 4.69) is 14.7 Å². The molecule has 10 heteroatoms. The van der Waals surface area contributed by atoms with Gasteiger partial charge in [-0.2, -0.15) is 0 Å². The molecule has 0 fully saturated rings. The highest BCUT2D eigenvalue weighted by molar-refractivity contribution is 7.90. The zero-order valence-electron chi connectivity index (χ0n) is 15.5. The summed E-state index contributed by atoms with van der Waals surface area (Å²) in [6.45, 7) is -0.0366. The van der Waals surface area contributed by atoms with Crippen LogP contribution in [0.1, 0.15) is 17.9 Å². The number of fused-ring (bicyclic) bond motifs is 1. The van der Waals surface area contributed by atoms with Crippen LogP contribution >= 0.6 is 11.6 Å². The maximum atomic E-state index is 12.0. The van der Waals surface area contributed by atoms with Gasteiger partial charge in [-0.15, -0.1) is 0 Å². The normalized spacial score (nSPS) is 15.6. The first-order valence-corrected chi connectivity index (χ1v) is 10.8. The van der Waals surface area contributed by atoms with E-state index in [0.29, 0.717) is 16.3 Å². The molecule has 0 aliphatic carbocycles. The summed E-state index contributed by atoms with van der Waals surface area (Å²) in [7, 11) is -3.60. The third kappa shape index (κ3) is 4.37. The zero-order chi connectivity index (χ0) is 21.1. The maximum absolute atomic E-state index is 12.0. The summed E-state index contributed by atoms with van der Waals surface area (Å²) >= 11 is 5.86. The number of rotatable bonds is 6. The zero-order valence-corrected chi connectivity index (χ0v) is 17.1. The van der Waals surface area contributed by atoms with Crippen LogP contribution in [0.2, 0.25) is 5.02 Å². The van der Waals surface area contributed by atoms with Crippen LogP contribution in [-0.2, 0) is 26.2 Å². The number of carbonyl (C=O) groups is 1. The number of aromatic nitrogens is 1. The van der Waals surface area contributed by atoms with Crippen LogP contribution in [0.4, 0.5) is 0 Å². The Morgan fingerprint density at radius 1 is 1.17 bits per heavy atom. The third-order valence-corrected chi connectivity index (χ3v) is 5.94. The van der Waals surface area contributed by atoms with E-state index in [9.17, 15) is 13.2 Å². The van der Waals surface area contributed by atoms with Crippen LogP contribution in [0.5, 0.6) is 0 Å². The van der Waals surface area contributed by atoms with Gasteiger partial charge in [0.2, 0.25) is 5.89 Å². The second-order valence-electron chi connectivity index (χ2n) is 6.37. The summed E-state index contributed by atoms with van der Waals surface area (Å²) in [6, 6.07) is 13.6. The second kappa shape index (κ2) is 8.29. The number of amidine groups is 1. The quantitative estimate of drug-likeness (QED) is 0.583. The molecule has 1 aromatic heterocycles. The molecule has 0 unspecified atom stereocenters. The highest BCUT2D eigenvalue weighted by Gasteiger charge is 2.29. The van der Waals surface area contributed by atoms with Crippen LogP contribution in [0.25, 0.3) is 11.3 Å². The van der Waals surface area contributed by atoms with Crippen molar-refractivity contribution in [3.63, 3.8) is 0 Å². The average molecular weight is 446 g/mol. The number of nitrogens with zero attached hydrogens (tertiary/aromatic N) is 2. The van der Waals surface area contributed by atoms with Crippen molar-refractivity contribution in [3.05, 3.63) is 71.2 Å². The number of halogens is 1. The van der Waals surface area contributed by atoms with Crippen molar-refractivity contribution < 1.29 is 22.4 Å². The number of ether oxygens (including phenoxy) is 1. The number of esters is 1. The highest BCUT2D eigenvalue weighted by Crippen LogP contribution is 2.23. The molecular formula is C20H16ClN3O5S. The Labute approximate surface area is 177 Å². The van der Waals surface area contributed by atoms with Gasteiger partial charge in [-0.05, 0) is 36.4 Å². The molecule has 0 amide bonds. The van der Waals surface area contributed by atoms with Crippen LogP contribution in [0.15, 0.2) is 69.0 Å². The van der Waals surface area contributed by atoms with E-state index in [-0.39, 0.29) is 36.2 Å². The van der Waals surface area contributed by atoms with Gasteiger partial charge in [-0.1, -0.05) is 23.7 Å². The van der Waals surface area contributed by atoms with Gasteiger partial charge in [0.25, 0.3) is 10.0 Å². The smallest absolute Gasteiger partial charge is 0.308 e. The number of sulfonamides is 1. The van der Waals surface area contributed by atoms with Gasteiger partial charge in [0.05, 0.1) is 24.1 Å². The Morgan fingerprint density at radius 3 is 2.73 bits per heavy atom. The maximum Gasteiger partial charge on any atom is 0.308 e. The molecule has 0 saturated carbocycles. The molecule has 8 nitrogen and oxygen atoms in total. The number of nitrogens with one attached hydrogen (secondary N) is 1. The number of carbonyl (C=O) groups excluding carboxylic acids is 1. The predicted octanol–water partition coefficient (Wildman–Crippen LogP) is 3.17. The van der Waals surface area contributed by atoms with E-state index in [0.717, 1.165) is 5.56 Å². The van der Waals surface area contributed by atoms with Crippen LogP contribution in [-0.4, -0.2) is 31.8 Å². The van der Waals surface area contributed by atoms with Gasteiger partial charge in [0.15, 0.2) is 12.4 Å². The van der Waals surface area contributed by atoms with E-state index in [1.54, 1.807) is 48.7 Å². The molecule has 0 bridgehead atoms. The third-order valence-electron chi connectivity index (χ3n) is 4.29. The molecule has 1 aliphatic rings. The van der Waals surface area contributed by atoms with Gasteiger partial charge in [-0.3, -0.25) is 14.5 Å². The summed E-state index contributed by atoms with van der Waals surface area (Å²) < 4.78 is 37.2. The minimum Gasteiger partial charge on any atom is -0.456 e. The second-order valence-corrected chi connectivity index (χ2v) is 8.46. The summed E-state index contributed by atoms with van der Waals surface area (Å²) in [4.78, 5) is 20.4. The molecule has 154 valence electrons. The fraction of sp³-hybridized carbons (Fsp3) is 0.150. The molecule has 0 saturated heterocycles.